The van der Waals surface area contributed by atoms with Crippen LogP contribution in [0.3, 0.4) is 0 Å². The average Bonchev–Trinajstić information content (AvgIpc) is 2.70. The lowest BCUT2D eigenvalue weighted by molar-refractivity contribution is 0.269. The van der Waals surface area contributed by atoms with Gasteiger partial charge in [-0.3, -0.25) is 0 Å². The standard InChI is InChI=1S/C22H18Cl5NO2/c1-2-29-21-9-13(11-28-14-6-7-18(25)19(26)10-14)8-20(27)22(21)30-12-15-16(23)4-3-5-17(15)24/h3-10,28H,2,11-12H2,1H3. The molecule has 0 aliphatic heterocycles. The Morgan fingerprint density at radius 1 is 0.767 bits per heavy atom. The van der Waals surface area contributed by atoms with Crippen molar-refractivity contribution < 1.29 is 9.47 Å². The maximum atomic E-state index is 6.51. The third kappa shape index (κ3) is 5.81. The van der Waals surface area contributed by atoms with E-state index in [1.54, 1.807) is 30.3 Å². The summed E-state index contributed by atoms with van der Waals surface area (Å²) < 4.78 is 11.7. The zero-order valence-electron chi connectivity index (χ0n) is 15.9. The molecule has 0 saturated heterocycles. The molecule has 3 aromatic carbocycles. The molecule has 0 atom stereocenters. The van der Waals surface area contributed by atoms with Crippen LogP contribution in [-0.2, 0) is 13.2 Å². The molecule has 3 nitrogen and oxygen atoms in total. The highest BCUT2D eigenvalue weighted by molar-refractivity contribution is 6.42. The van der Waals surface area contributed by atoms with Gasteiger partial charge in [-0.15, -0.1) is 0 Å². The lowest BCUT2D eigenvalue weighted by Gasteiger charge is -2.17. The fraction of sp³-hybridized carbons (Fsp3) is 0.182. The number of nitrogens with one attached hydrogen (secondary N) is 1. The summed E-state index contributed by atoms with van der Waals surface area (Å²) in [5, 5.41) is 5.75. The fourth-order valence-electron chi connectivity index (χ4n) is 2.75. The maximum absolute atomic E-state index is 6.51. The maximum Gasteiger partial charge on any atom is 0.180 e. The first-order valence-corrected chi connectivity index (χ1v) is 11.0. The highest BCUT2D eigenvalue weighted by Gasteiger charge is 2.15. The Labute approximate surface area is 200 Å². The molecule has 0 saturated carbocycles. The molecule has 3 rings (SSSR count). The van der Waals surface area contributed by atoms with Crippen LogP contribution in [0.15, 0.2) is 48.5 Å². The van der Waals surface area contributed by atoms with Crippen LogP contribution in [0.1, 0.15) is 18.1 Å². The number of hydrogen-bond donors (Lipinski definition) is 1. The first-order chi connectivity index (χ1) is 14.4. The van der Waals surface area contributed by atoms with Gasteiger partial charge < -0.3 is 14.8 Å². The van der Waals surface area contributed by atoms with Crippen molar-refractivity contribution in [3.8, 4) is 11.5 Å². The predicted octanol–water partition coefficient (Wildman–Crippen LogP) is 8.54. The quantitative estimate of drug-likeness (QED) is 0.333. The Morgan fingerprint density at radius 2 is 1.50 bits per heavy atom. The van der Waals surface area contributed by atoms with Crippen molar-refractivity contribution in [3.63, 3.8) is 0 Å². The molecule has 0 amide bonds. The third-order valence-electron chi connectivity index (χ3n) is 4.21. The molecule has 8 heteroatoms. The van der Waals surface area contributed by atoms with Gasteiger partial charge in [-0.1, -0.05) is 64.1 Å². The first kappa shape index (κ1) is 23.2. The topological polar surface area (TPSA) is 30.5 Å². The Balaban J connectivity index is 1.78. The highest BCUT2D eigenvalue weighted by Crippen LogP contribution is 2.38. The Bertz CT molecular complexity index is 1020. The Kier molecular flexibility index (Phi) is 8.27. The van der Waals surface area contributed by atoms with Crippen molar-refractivity contribution in [1.29, 1.82) is 0 Å². The van der Waals surface area contributed by atoms with E-state index in [4.69, 9.17) is 67.5 Å². The average molecular weight is 506 g/mol. The summed E-state index contributed by atoms with van der Waals surface area (Å²) in [6, 6.07) is 14.3. The minimum Gasteiger partial charge on any atom is -0.490 e. The van der Waals surface area contributed by atoms with Gasteiger partial charge >= 0.3 is 0 Å². The molecule has 0 aliphatic carbocycles. The Morgan fingerprint density at radius 3 is 2.17 bits per heavy atom. The van der Waals surface area contributed by atoms with E-state index in [0.29, 0.717) is 55.3 Å². The van der Waals surface area contributed by atoms with Gasteiger partial charge in [0, 0.05) is 27.8 Å². The number of benzene rings is 3. The van der Waals surface area contributed by atoms with E-state index in [0.717, 1.165) is 11.3 Å². The number of hydrogen-bond acceptors (Lipinski definition) is 3. The molecule has 0 bridgehead atoms. The van der Waals surface area contributed by atoms with E-state index in [9.17, 15) is 0 Å². The van der Waals surface area contributed by atoms with Gasteiger partial charge in [-0.05, 0) is 55.0 Å². The van der Waals surface area contributed by atoms with Crippen LogP contribution in [0.4, 0.5) is 5.69 Å². The summed E-state index contributed by atoms with van der Waals surface area (Å²) >= 11 is 31.0. The molecule has 158 valence electrons. The molecular formula is C22H18Cl5NO2. The van der Waals surface area contributed by atoms with Gasteiger partial charge in [0.15, 0.2) is 11.5 Å². The van der Waals surface area contributed by atoms with E-state index in [-0.39, 0.29) is 6.61 Å². The lowest BCUT2D eigenvalue weighted by atomic mass is 10.2. The van der Waals surface area contributed by atoms with Crippen molar-refractivity contribution in [2.24, 2.45) is 0 Å². The van der Waals surface area contributed by atoms with Crippen molar-refractivity contribution in [1.82, 2.24) is 0 Å². The minimum absolute atomic E-state index is 0.166. The van der Waals surface area contributed by atoms with Crippen LogP contribution < -0.4 is 14.8 Å². The second kappa shape index (κ2) is 10.7. The second-order valence-electron chi connectivity index (χ2n) is 6.31. The molecule has 0 spiro atoms. The van der Waals surface area contributed by atoms with E-state index in [2.05, 4.69) is 5.32 Å². The van der Waals surface area contributed by atoms with E-state index in [1.165, 1.54) is 0 Å². The SMILES string of the molecule is CCOc1cc(CNc2ccc(Cl)c(Cl)c2)cc(Cl)c1OCc1c(Cl)cccc1Cl. The fourth-order valence-corrected chi connectivity index (χ4v) is 3.84. The van der Waals surface area contributed by atoms with Crippen LogP contribution in [0.2, 0.25) is 25.1 Å². The van der Waals surface area contributed by atoms with Gasteiger partial charge in [0.05, 0.1) is 21.7 Å². The molecule has 0 unspecified atom stereocenters. The van der Waals surface area contributed by atoms with Crippen LogP contribution in [0.25, 0.3) is 0 Å². The molecular weight excluding hydrogens is 488 g/mol. The minimum atomic E-state index is 0.166. The first-order valence-electron chi connectivity index (χ1n) is 9.09. The largest absolute Gasteiger partial charge is 0.490 e. The molecule has 0 radical (unpaired) electrons. The van der Waals surface area contributed by atoms with Crippen molar-refractivity contribution >= 4 is 63.7 Å². The molecule has 30 heavy (non-hydrogen) atoms. The summed E-state index contributed by atoms with van der Waals surface area (Å²) in [5.74, 6) is 0.979. The van der Waals surface area contributed by atoms with E-state index in [1.807, 2.05) is 25.1 Å². The van der Waals surface area contributed by atoms with Crippen molar-refractivity contribution in [2.75, 3.05) is 11.9 Å². The van der Waals surface area contributed by atoms with E-state index >= 15 is 0 Å². The molecule has 0 aliphatic rings. The van der Waals surface area contributed by atoms with Gasteiger partial charge in [-0.2, -0.15) is 0 Å². The van der Waals surface area contributed by atoms with Gasteiger partial charge in [0.25, 0.3) is 0 Å². The van der Waals surface area contributed by atoms with Crippen LogP contribution in [0.5, 0.6) is 11.5 Å². The summed E-state index contributed by atoms with van der Waals surface area (Å²) in [6.45, 7) is 3.03. The monoisotopic (exact) mass is 503 g/mol. The van der Waals surface area contributed by atoms with Crippen LogP contribution in [-0.4, -0.2) is 6.61 Å². The molecule has 0 fully saturated rings. The van der Waals surface area contributed by atoms with Gasteiger partial charge in [0.2, 0.25) is 0 Å². The highest BCUT2D eigenvalue weighted by atomic mass is 35.5. The van der Waals surface area contributed by atoms with Gasteiger partial charge in [-0.25, -0.2) is 0 Å². The second-order valence-corrected chi connectivity index (χ2v) is 8.35. The molecule has 3 aromatic rings. The zero-order valence-corrected chi connectivity index (χ0v) is 19.7. The van der Waals surface area contributed by atoms with Crippen LogP contribution >= 0.6 is 58.0 Å². The number of rotatable bonds is 8. The smallest absolute Gasteiger partial charge is 0.180 e. The summed E-state index contributed by atoms with van der Waals surface area (Å²) in [5.41, 5.74) is 2.44. The molecule has 0 aromatic heterocycles. The van der Waals surface area contributed by atoms with E-state index < -0.39 is 0 Å². The Hall–Kier alpha value is -1.49. The van der Waals surface area contributed by atoms with Crippen LogP contribution in [0, 0.1) is 0 Å². The van der Waals surface area contributed by atoms with Crippen molar-refractivity contribution in [2.45, 2.75) is 20.1 Å². The van der Waals surface area contributed by atoms with Gasteiger partial charge in [0.1, 0.15) is 6.61 Å². The number of halogens is 5. The number of anilines is 1. The zero-order chi connectivity index (χ0) is 21.7. The third-order valence-corrected chi connectivity index (χ3v) is 5.94. The summed E-state index contributed by atoms with van der Waals surface area (Å²) in [6.07, 6.45) is 0. The number of ether oxygens (including phenoxy) is 2. The summed E-state index contributed by atoms with van der Waals surface area (Å²) in [4.78, 5) is 0. The lowest BCUT2D eigenvalue weighted by Crippen LogP contribution is -2.04. The normalized spacial score (nSPS) is 10.7. The molecule has 1 N–H and O–H groups in total. The predicted molar refractivity (Wildman–Crippen MR) is 127 cm³/mol. The summed E-state index contributed by atoms with van der Waals surface area (Å²) in [7, 11) is 0. The van der Waals surface area contributed by atoms with Crippen molar-refractivity contribution in [3.05, 3.63) is 84.8 Å². The molecule has 0 heterocycles.